The number of unbranched alkanes of at least 4 members (excludes halogenated alkanes) is 25. The van der Waals surface area contributed by atoms with E-state index in [1.807, 2.05) is 0 Å². The van der Waals surface area contributed by atoms with Crippen molar-refractivity contribution >= 4 is 11.4 Å². The Hall–Kier alpha value is -3.10. The van der Waals surface area contributed by atoms with Gasteiger partial charge in [0.1, 0.15) is 0 Å². The molecule has 0 amide bonds. The summed E-state index contributed by atoms with van der Waals surface area (Å²) in [5.74, 6) is 10.1. The number of nitrogens with zero attached hydrogens (tertiary/aromatic N) is 2. The number of hydrogen-bond donors (Lipinski definition) is 0. The zero-order valence-corrected chi connectivity index (χ0v) is 38.6. The average molecular weight is 789 g/mol. The summed E-state index contributed by atoms with van der Waals surface area (Å²) in [6, 6.07) is 18.1. The summed E-state index contributed by atoms with van der Waals surface area (Å²) in [6.07, 6.45) is 43.8. The van der Waals surface area contributed by atoms with E-state index in [9.17, 15) is 5.53 Å². The van der Waals surface area contributed by atoms with Gasteiger partial charge in [-0.25, -0.2) is 0 Å². The first-order valence-electron chi connectivity index (χ1n) is 25.0. The third-order valence-corrected chi connectivity index (χ3v) is 12.0. The smallest absolute Gasteiger partial charge is 0.303 e. The highest BCUT2D eigenvalue weighted by Gasteiger charge is 2.20. The summed E-state index contributed by atoms with van der Waals surface area (Å²) in [5.41, 5.74) is 18.6. The van der Waals surface area contributed by atoms with Crippen LogP contribution in [0.4, 0.5) is 0 Å². The molecule has 0 atom stereocenters. The van der Waals surface area contributed by atoms with Crippen molar-refractivity contribution in [2.45, 2.75) is 246 Å². The summed E-state index contributed by atoms with van der Waals surface area (Å²) >= 11 is 0. The van der Waals surface area contributed by atoms with E-state index in [0.717, 1.165) is 69.8 Å². The molecule has 0 saturated heterocycles. The molecule has 322 valence electrons. The molecule has 0 fully saturated rings. The zero-order chi connectivity index (χ0) is 41.6. The molecule has 0 heterocycles. The standard InChI is InChI=1S/C56H88N2/c1-5-9-13-14-15-16-17-18-19-20-21-22-23-24-25-26-27-28-29-30-31-32-33-34-35-36-43-51-44-37-38-47-54(51)56(52-45-39-41-50(48-52)40-10-6-2)55(46-12-8-4)53(49-58-57)42-11-7-3/h37-39,41,44-45,47-48H,5-33,36,40,42-43,46H2,1-4H3. The lowest BCUT2D eigenvalue weighted by Gasteiger charge is -2.20. The van der Waals surface area contributed by atoms with E-state index in [4.69, 9.17) is 0 Å². The summed E-state index contributed by atoms with van der Waals surface area (Å²) in [7, 11) is 0. The maximum absolute atomic E-state index is 9.74. The Morgan fingerprint density at radius 3 is 1.53 bits per heavy atom. The van der Waals surface area contributed by atoms with E-state index >= 15 is 0 Å². The van der Waals surface area contributed by atoms with Crippen LogP contribution in [0.25, 0.3) is 11.1 Å². The topological polar surface area (TPSA) is 36.4 Å². The normalized spacial score (nSPS) is 11.4. The Morgan fingerprint density at radius 2 is 0.983 bits per heavy atom. The second kappa shape index (κ2) is 36.9. The fourth-order valence-corrected chi connectivity index (χ4v) is 8.40. The number of hydrogen-bond acceptors (Lipinski definition) is 0. The van der Waals surface area contributed by atoms with Gasteiger partial charge in [-0.1, -0.05) is 230 Å². The van der Waals surface area contributed by atoms with Crippen LogP contribution in [-0.4, -0.2) is 10.7 Å². The van der Waals surface area contributed by atoms with Crippen LogP contribution in [0.2, 0.25) is 0 Å². The van der Waals surface area contributed by atoms with Crippen LogP contribution in [0.3, 0.4) is 0 Å². The first-order valence-corrected chi connectivity index (χ1v) is 25.0. The van der Waals surface area contributed by atoms with Crippen molar-refractivity contribution in [1.29, 1.82) is 0 Å². The third-order valence-electron chi connectivity index (χ3n) is 12.0. The van der Waals surface area contributed by atoms with Gasteiger partial charge in [0, 0.05) is 12.8 Å². The molecule has 0 bridgehead atoms. The van der Waals surface area contributed by atoms with Crippen molar-refractivity contribution in [3.63, 3.8) is 0 Å². The van der Waals surface area contributed by atoms with E-state index in [1.54, 1.807) is 0 Å². The second-order valence-electron chi connectivity index (χ2n) is 17.2. The molecule has 0 spiro atoms. The molecule has 0 N–H and O–H groups in total. The minimum atomic E-state index is 0.867. The van der Waals surface area contributed by atoms with Crippen molar-refractivity contribution in [2.24, 2.45) is 0 Å². The Morgan fingerprint density at radius 1 is 0.483 bits per heavy atom. The zero-order valence-electron chi connectivity index (χ0n) is 38.6. The number of rotatable bonds is 36. The van der Waals surface area contributed by atoms with Crippen LogP contribution < -0.4 is 0 Å². The van der Waals surface area contributed by atoms with Crippen LogP contribution in [0.1, 0.15) is 255 Å². The highest BCUT2D eigenvalue weighted by atomic mass is 14.8. The van der Waals surface area contributed by atoms with Gasteiger partial charge in [-0.2, -0.15) is 0 Å². The number of benzene rings is 2. The van der Waals surface area contributed by atoms with E-state index in [-0.39, 0.29) is 0 Å². The van der Waals surface area contributed by atoms with Crippen molar-refractivity contribution in [2.75, 3.05) is 0 Å². The maximum atomic E-state index is 9.74. The molecule has 58 heavy (non-hydrogen) atoms. The quantitative estimate of drug-likeness (QED) is 0.0165. The molecule has 0 aliphatic heterocycles. The van der Waals surface area contributed by atoms with Gasteiger partial charge >= 0.3 is 5.87 Å². The second-order valence-corrected chi connectivity index (χ2v) is 17.2. The molecule has 0 radical (unpaired) electrons. The molecule has 2 aromatic rings. The summed E-state index contributed by atoms with van der Waals surface area (Å²) in [4.78, 5) is 3.47. The van der Waals surface area contributed by atoms with Gasteiger partial charge in [-0.05, 0) is 84.8 Å². The van der Waals surface area contributed by atoms with Gasteiger partial charge in [0.2, 0.25) is 0 Å². The van der Waals surface area contributed by atoms with E-state index < -0.39 is 0 Å². The molecule has 0 aromatic heterocycles. The van der Waals surface area contributed by atoms with Crippen LogP contribution in [-0.2, 0) is 12.8 Å². The Labute approximate surface area is 360 Å². The Balaban J connectivity index is 1.79. The molecule has 2 aromatic carbocycles. The van der Waals surface area contributed by atoms with Gasteiger partial charge in [-0.3, -0.25) is 0 Å². The highest BCUT2D eigenvalue weighted by Crippen LogP contribution is 2.37. The Bertz CT molecular complexity index is 1490. The molecular formula is C56H88N2. The minimum Gasteiger partial charge on any atom is -0.348 e. The Kier molecular flexibility index (Phi) is 32.5. The molecule has 0 aliphatic rings. The van der Waals surface area contributed by atoms with Crippen LogP contribution >= 0.6 is 0 Å². The van der Waals surface area contributed by atoms with Crippen LogP contribution in [0.15, 0.2) is 59.7 Å². The maximum Gasteiger partial charge on any atom is 0.303 e. The molecule has 0 unspecified atom stereocenters. The van der Waals surface area contributed by atoms with E-state index in [1.165, 1.54) is 187 Å². The SMILES string of the molecule is CCCCCCCCCCCCCCCCCCCCCCCCC#CCCc1ccccc1C(=C(CCCC)C(=C=[N+]=[N-])CCCC)c1cccc(CCCC)c1. The molecule has 2 rings (SSSR count). The van der Waals surface area contributed by atoms with Crippen molar-refractivity contribution in [1.82, 2.24) is 0 Å². The predicted molar refractivity (Wildman–Crippen MR) is 257 cm³/mol. The van der Waals surface area contributed by atoms with Gasteiger partial charge < -0.3 is 5.53 Å². The lowest BCUT2D eigenvalue weighted by atomic mass is 9.83. The first-order chi connectivity index (χ1) is 28.7. The van der Waals surface area contributed by atoms with E-state index in [0.29, 0.717) is 0 Å². The first kappa shape index (κ1) is 51.0. The van der Waals surface area contributed by atoms with Gasteiger partial charge in [0.05, 0.1) is 5.57 Å². The summed E-state index contributed by atoms with van der Waals surface area (Å²) in [5, 5.41) is 0. The van der Waals surface area contributed by atoms with Crippen molar-refractivity contribution in [3.05, 3.63) is 87.5 Å². The summed E-state index contributed by atoms with van der Waals surface area (Å²) in [6.45, 7) is 9.05. The van der Waals surface area contributed by atoms with Gasteiger partial charge in [-0.15, -0.1) is 16.6 Å². The minimum absolute atomic E-state index is 0.867. The van der Waals surface area contributed by atoms with Crippen molar-refractivity contribution in [3.8, 4) is 11.8 Å². The number of aryl methyl sites for hydroxylation is 2. The van der Waals surface area contributed by atoms with Gasteiger partial charge in [0.15, 0.2) is 0 Å². The van der Waals surface area contributed by atoms with Crippen molar-refractivity contribution < 1.29 is 4.79 Å². The third kappa shape index (κ3) is 24.1. The molecule has 2 nitrogen and oxygen atoms in total. The lowest BCUT2D eigenvalue weighted by Crippen LogP contribution is -2.04. The molecular weight excluding hydrogens is 701 g/mol. The van der Waals surface area contributed by atoms with Crippen LogP contribution in [0.5, 0.6) is 0 Å². The molecule has 0 saturated carbocycles. The molecule has 0 aliphatic carbocycles. The van der Waals surface area contributed by atoms with Gasteiger partial charge in [0.25, 0.3) is 0 Å². The fourth-order valence-electron chi connectivity index (χ4n) is 8.40. The average Bonchev–Trinajstić information content (AvgIpc) is 3.24. The predicted octanol–water partition coefficient (Wildman–Crippen LogP) is 18.0. The van der Waals surface area contributed by atoms with Crippen LogP contribution in [0, 0.1) is 11.8 Å². The monoisotopic (exact) mass is 789 g/mol. The van der Waals surface area contributed by atoms with E-state index in [2.05, 4.69) is 98.7 Å². The lowest BCUT2D eigenvalue weighted by molar-refractivity contribution is 0.00739. The largest absolute Gasteiger partial charge is 0.348 e. The highest BCUT2D eigenvalue weighted by molar-refractivity contribution is 5.88. The summed E-state index contributed by atoms with van der Waals surface area (Å²) < 4.78 is 0. The molecule has 2 heteroatoms. The fraction of sp³-hybridized carbons (Fsp3) is 0.679. The number of allylic oxidation sites excluding steroid dienone is 2.